The van der Waals surface area contributed by atoms with Gasteiger partial charge in [-0.1, -0.05) is 41.1 Å². The summed E-state index contributed by atoms with van der Waals surface area (Å²) in [6.07, 6.45) is 2.08. The number of halogens is 1. The summed E-state index contributed by atoms with van der Waals surface area (Å²) in [5.74, 6) is 0.605. The Hall–Kier alpha value is -0.710. The van der Waals surface area contributed by atoms with E-state index in [9.17, 15) is 0 Å². The van der Waals surface area contributed by atoms with Gasteiger partial charge in [0.05, 0.1) is 10.7 Å². The van der Waals surface area contributed by atoms with Gasteiger partial charge in [-0.05, 0) is 24.9 Å². The Morgan fingerprint density at radius 2 is 2.17 bits per heavy atom. The van der Waals surface area contributed by atoms with Crippen LogP contribution in [0.1, 0.15) is 18.4 Å². The van der Waals surface area contributed by atoms with Crippen LogP contribution in [0.3, 0.4) is 0 Å². The van der Waals surface area contributed by atoms with E-state index in [1.165, 1.54) is 5.01 Å². The van der Waals surface area contributed by atoms with Gasteiger partial charge in [-0.25, -0.2) is 4.98 Å². The smallest absolute Gasteiger partial charge is 0.0935 e. The summed E-state index contributed by atoms with van der Waals surface area (Å²) in [5.41, 5.74) is 7.79. The van der Waals surface area contributed by atoms with Crippen LogP contribution in [0.2, 0.25) is 0 Å². The van der Waals surface area contributed by atoms with Gasteiger partial charge in [-0.15, -0.1) is 11.3 Å². The Bertz CT molecular complexity index is 510. The van der Waals surface area contributed by atoms with Gasteiger partial charge >= 0.3 is 0 Å². The third-order valence-corrected chi connectivity index (χ3v) is 4.45. The number of hydrogen-bond donors (Lipinski definition) is 1. The molecule has 96 valence electrons. The Morgan fingerprint density at radius 1 is 1.39 bits per heavy atom. The molecular weight excluding hydrogens is 308 g/mol. The van der Waals surface area contributed by atoms with Gasteiger partial charge in [0, 0.05) is 21.8 Å². The van der Waals surface area contributed by atoms with E-state index in [0.717, 1.165) is 35.1 Å². The average molecular weight is 325 g/mol. The lowest BCUT2D eigenvalue weighted by atomic mass is 10.1. The molecule has 1 atom stereocenters. The molecular formula is C14H17BrN2S. The van der Waals surface area contributed by atoms with E-state index in [4.69, 9.17) is 10.7 Å². The molecule has 0 amide bonds. The van der Waals surface area contributed by atoms with Crippen LogP contribution in [0, 0.1) is 5.92 Å². The largest absolute Gasteiger partial charge is 0.330 e. The molecule has 0 spiro atoms. The SMILES string of the molecule is CC(CCN)Cc1nc(-c2ccccc2Br)cs1. The van der Waals surface area contributed by atoms with Crippen LogP contribution in [0.5, 0.6) is 0 Å². The van der Waals surface area contributed by atoms with E-state index in [2.05, 4.69) is 34.3 Å². The highest BCUT2D eigenvalue weighted by molar-refractivity contribution is 9.10. The van der Waals surface area contributed by atoms with Gasteiger partial charge in [0.2, 0.25) is 0 Å². The van der Waals surface area contributed by atoms with Crippen molar-refractivity contribution in [3.05, 3.63) is 39.1 Å². The van der Waals surface area contributed by atoms with Crippen molar-refractivity contribution in [2.45, 2.75) is 19.8 Å². The fourth-order valence-electron chi connectivity index (χ4n) is 1.88. The molecule has 1 unspecified atom stereocenters. The standard InChI is InChI=1S/C14H17BrN2S/c1-10(6-7-16)8-14-17-13(9-18-14)11-4-2-3-5-12(11)15/h2-5,9-10H,6-8,16H2,1H3. The maximum atomic E-state index is 5.58. The molecule has 2 N–H and O–H groups in total. The summed E-state index contributed by atoms with van der Waals surface area (Å²) in [6, 6.07) is 8.19. The van der Waals surface area contributed by atoms with Crippen molar-refractivity contribution in [1.82, 2.24) is 4.98 Å². The number of nitrogens with two attached hydrogens (primary N) is 1. The lowest BCUT2D eigenvalue weighted by Crippen LogP contribution is -2.07. The second-order valence-corrected chi connectivity index (χ2v) is 6.29. The quantitative estimate of drug-likeness (QED) is 0.899. The van der Waals surface area contributed by atoms with Crippen LogP contribution < -0.4 is 5.73 Å². The van der Waals surface area contributed by atoms with Gasteiger partial charge in [-0.3, -0.25) is 0 Å². The zero-order valence-corrected chi connectivity index (χ0v) is 12.8. The molecule has 0 fully saturated rings. The van der Waals surface area contributed by atoms with E-state index in [-0.39, 0.29) is 0 Å². The first-order chi connectivity index (χ1) is 8.70. The van der Waals surface area contributed by atoms with Crippen molar-refractivity contribution >= 4 is 27.3 Å². The van der Waals surface area contributed by atoms with Crippen LogP contribution in [-0.2, 0) is 6.42 Å². The highest BCUT2D eigenvalue weighted by Gasteiger charge is 2.10. The molecule has 0 bridgehead atoms. The predicted octanol–water partition coefficient (Wildman–Crippen LogP) is 4.10. The van der Waals surface area contributed by atoms with Crippen molar-refractivity contribution in [1.29, 1.82) is 0 Å². The molecule has 0 radical (unpaired) electrons. The molecule has 4 heteroatoms. The van der Waals surface area contributed by atoms with Crippen LogP contribution >= 0.6 is 27.3 Å². The van der Waals surface area contributed by atoms with Crippen LogP contribution in [0.25, 0.3) is 11.3 Å². The first-order valence-corrected chi connectivity index (χ1v) is 7.77. The molecule has 1 heterocycles. The van der Waals surface area contributed by atoms with E-state index in [0.29, 0.717) is 5.92 Å². The van der Waals surface area contributed by atoms with Crippen LogP contribution in [0.15, 0.2) is 34.1 Å². The third-order valence-electron chi connectivity index (χ3n) is 2.88. The minimum absolute atomic E-state index is 0.605. The maximum Gasteiger partial charge on any atom is 0.0935 e. The second kappa shape index (κ2) is 6.45. The monoisotopic (exact) mass is 324 g/mol. The molecule has 2 rings (SSSR count). The Balaban J connectivity index is 2.13. The van der Waals surface area contributed by atoms with Crippen molar-refractivity contribution in [3.63, 3.8) is 0 Å². The van der Waals surface area contributed by atoms with Gasteiger partial charge < -0.3 is 5.73 Å². The molecule has 1 aromatic heterocycles. The summed E-state index contributed by atoms with van der Waals surface area (Å²) in [4.78, 5) is 4.71. The summed E-state index contributed by atoms with van der Waals surface area (Å²) in [7, 11) is 0. The van der Waals surface area contributed by atoms with E-state index < -0.39 is 0 Å². The minimum atomic E-state index is 0.605. The molecule has 0 aliphatic carbocycles. The lowest BCUT2D eigenvalue weighted by Gasteiger charge is -2.06. The molecule has 2 nitrogen and oxygen atoms in total. The highest BCUT2D eigenvalue weighted by Crippen LogP contribution is 2.29. The van der Waals surface area contributed by atoms with E-state index in [1.54, 1.807) is 11.3 Å². The summed E-state index contributed by atoms with van der Waals surface area (Å²) < 4.78 is 1.09. The molecule has 18 heavy (non-hydrogen) atoms. The number of benzene rings is 1. The maximum absolute atomic E-state index is 5.58. The van der Waals surface area contributed by atoms with Crippen LogP contribution in [-0.4, -0.2) is 11.5 Å². The zero-order chi connectivity index (χ0) is 13.0. The molecule has 1 aromatic carbocycles. The van der Waals surface area contributed by atoms with Gasteiger partial charge in [0.15, 0.2) is 0 Å². The molecule has 0 saturated heterocycles. The lowest BCUT2D eigenvalue weighted by molar-refractivity contribution is 0.537. The minimum Gasteiger partial charge on any atom is -0.330 e. The Labute approximate surface area is 120 Å². The van der Waals surface area contributed by atoms with Crippen molar-refractivity contribution in [2.75, 3.05) is 6.54 Å². The van der Waals surface area contributed by atoms with Gasteiger partial charge in [0.25, 0.3) is 0 Å². The van der Waals surface area contributed by atoms with Gasteiger partial charge in [-0.2, -0.15) is 0 Å². The third kappa shape index (κ3) is 3.40. The molecule has 0 saturated carbocycles. The first kappa shape index (κ1) is 13.7. The number of rotatable bonds is 5. The number of nitrogens with zero attached hydrogens (tertiary/aromatic N) is 1. The van der Waals surface area contributed by atoms with E-state index in [1.807, 2.05) is 18.2 Å². The topological polar surface area (TPSA) is 38.9 Å². The fourth-order valence-corrected chi connectivity index (χ4v) is 3.33. The summed E-state index contributed by atoms with van der Waals surface area (Å²) in [6.45, 7) is 2.98. The number of hydrogen-bond acceptors (Lipinski definition) is 3. The zero-order valence-electron chi connectivity index (χ0n) is 10.4. The van der Waals surface area contributed by atoms with E-state index >= 15 is 0 Å². The van der Waals surface area contributed by atoms with Crippen LogP contribution in [0.4, 0.5) is 0 Å². The number of thiazole rings is 1. The fraction of sp³-hybridized carbons (Fsp3) is 0.357. The van der Waals surface area contributed by atoms with Crippen molar-refractivity contribution in [2.24, 2.45) is 11.7 Å². The predicted molar refractivity (Wildman–Crippen MR) is 81.8 cm³/mol. The second-order valence-electron chi connectivity index (χ2n) is 4.49. The number of aromatic nitrogens is 1. The molecule has 0 aliphatic rings. The first-order valence-electron chi connectivity index (χ1n) is 6.10. The Kier molecular flexibility index (Phi) is 4.92. The molecule has 2 aromatic rings. The summed E-state index contributed by atoms with van der Waals surface area (Å²) in [5, 5.41) is 3.33. The normalized spacial score (nSPS) is 12.6. The van der Waals surface area contributed by atoms with Crippen molar-refractivity contribution < 1.29 is 0 Å². The summed E-state index contributed by atoms with van der Waals surface area (Å²) >= 11 is 5.30. The van der Waals surface area contributed by atoms with Gasteiger partial charge in [0.1, 0.15) is 0 Å². The molecule has 0 aliphatic heterocycles. The van der Waals surface area contributed by atoms with Crippen molar-refractivity contribution in [3.8, 4) is 11.3 Å². The average Bonchev–Trinajstić information content (AvgIpc) is 2.78. The Morgan fingerprint density at radius 3 is 2.89 bits per heavy atom. The highest BCUT2D eigenvalue weighted by atomic mass is 79.9.